The van der Waals surface area contributed by atoms with Crippen LogP contribution in [0.4, 0.5) is 0 Å². The van der Waals surface area contributed by atoms with Gasteiger partial charge < -0.3 is 4.90 Å². The first kappa shape index (κ1) is 29.2. The van der Waals surface area contributed by atoms with Gasteiger partial charge in [-0.05, 0) is 93.4 Å². The van der Waals surface area contributed by atoms with Crippen molar-refractivity contribution in [1.82, 2.24) is 9.62 Å². The summed E-state index contributed by atoms with van der Waals surface area (Å²) < 4.78 is 29.2. The predicted octanol–water partition coefficient (Wildman–Crippen LogP) is 7.31. The van der Waals surface area contributed by atoms with E-state index in [4.69, 9.17) is 0 Å². The molecule has 1 aliphatic heterocycles. The monoisotopic (exact) mass is 566 g/mol. The van der Waals surface area contributed by atoms with Crippen LogP contribution in [0.15, 0.2) is 120 Å². The van der Waals surface area contributed by atoms with Gasteiger partial charge in [0.25, 0.3) is 0 Å². The van der Waals surface area contributed by atoms with E-state index in [0.717, 1.165) is 38.0 Å². The number of benzene rings is 4. The summed E-state index contributed by atoms with van der Waals surface area (Å²) >= 11 is 0. The van der Waals surface area contributed by atoms with Crippen LogP contribution < -0.4 is 4.72 Å². The van der Waals surface area contributed by atoms with Gasteiger partial charge in [0.05, 0.1) is 4.90 Å². The van der Waals surface area contributed by atoms with Gasteiger partial charge in [0, 0.05) is 12.0 Å². The number of nitrogens with one attached hydrogen (secondary N) is 1. The number of nitrogens with zero attached hydrogens (tertiary/aromatic N) is 1. The number of hydrogen-bond donors (Lipinski definition) is 1. The van der Waals surface area contributed by atoms with Gasteiger partial charge in [0.15, 0.2) is 0 Å². The summed E-state index contributed by atoms with van der Waals surface area (Å²) in [5.41, 5.74) is 4.69. The van der Waals surface area contributed by atoms with Crippen molar-refractivity contribution in [1.29, 1.82) is 0 Å². The molecule has 4 nitrogen and oxygen atoms in total. The predicted molar refractivity (Wildman–Crippen MR) is 169 cm³/mol. The fraction of sp³-hybridized carbons (Fsp3) is 0.333. The summed E-state index contributed by atoms with van der Waals surface area (Å²) in [4.78, 5) is 2.92. The van der Waals surface area contributed by atoms with E-state index >= 15 is 0 Å². The summed E-state index contributed by atoms with van der Waals surface area (Å²) in [6.45, 7) is 5.63. The molecule has 0 unspecified atom stereocenters. The molecule has 214 valence electrons. The molecule has 1 heterocycles. The normalized spacial score (nSPS) is 15.1. The van der Waals surface area contributed by atoms with Crippen LogP contribution in [0.5, 0.6) is 0 Å². The minimum Gasteiger partial charge on any atom is -0.303 e. The minimum absolute atomic E-state index is 0.291. The Balaban J connectivity index is 1.30. The van der Waals surface area contributed by atoms with E-state index in [1.165, 1.54) is 29.5 Å². The Bertz CT molecular complexity index is 1410. The lowest BCUT2D eigenvalue weighted by Crippen LogP contribution is -2.37. The standard InChI is InChI=1S/C36H42N2O2S/c1-30-18-20-35(21-19-30)41(39,40)37-26-25-36(33-14-7-3-8-15-33,34-16-9-4-10-17-34)24-11-27-38-28-22-32(23-29-38)31-12-5-2-6-13-31/h2-10,12-21,32,37H,11,22-29H2,1H3. The molecule has 1 N–H and O–H groups in total. The van der Waals surface area contributed by atoms with Gasteiger partial charge >= 0.3 is 0 Å². The second-order valence-corrected chi connectivity index (χ2v) is 13.2. The molecule has 1 fully saturated rings. The topological polar surface area (TPSA) is 49.4 Å². The molecule has 1 aliphatic rings. The van der Waals surface area contributed by atoms with Crippen molar-refractivity contribution in [2.24, 2.45) is 0 Å². The first-order valence-electron chi connectivity index (χ1n) is 14.9. The first-order chi connectivity index (χ1) is 20.0. The average molecular weight is 567 g/mol. The van der Waals surface area contributed by atoms with Gasteiger partial charge in [-0.1, -0.05) is 109 Å². The van der Waals surface area contributed by atoms with E-state index in [2.05, 4.69) is 101 Å². The molecule has 41 heavy (non-hydrogen) atoms. The number of sulfonamides is 1. The second kappa shape index (κ2) is 13.6. The highest BCUT2D eigenvalue weighted by molar-refractivity contribution is 7.89. The van der Waals surface area contributed by atoms with Crippen LogP contribution in [0.3, 0.4) is 0 Å². The Kier molecular flexibility index (Phi) is 9.71. The highest BCUT2D eigenvalue weighted by atomic mass is 32.2. The molecule has 5 rings (SSSR count). The SMILES string of the molecule is Cc1ccc(S(=O)(=O)NCCC(CCCN2CCC(c3ccccc3)CC2)(c2ccccc2)c2ccccc2)cc1. The third-order valence-electron chi connectivity index (χ3n) is 8.76. The number of aryl methyl sites for hydroxylation is 1. The summed E-state index contributed by atoms with van der Waals surface area (Å²) in [5.74, 6) is 0.654. The molecule has 0 aliphatic carbocycles. The Morgan fingerprint density at radius 2 is 1.27 bits per heavy atom. The molecule has 0 spiro atoms. The zero-order valence-corrected chi connectivity index (χ0v) is 24.9. The van der Waals surface area contributed by atoms with E-state index in [1.807, 2.05) is 19.1 Å². The Morgan fingerprint density at radius 1 is 0.732 bits per heavy atom. The molecular formula is C36H42N2O2S. The fourth-order valence-electron chi connectivity index (χ4n) is 6.40. The lowest BCUT2D eigenvalue weighted by atomic mass is 9.69. The lowest BCUT2D eigenvalue weighted by Gasteiger charge is -2.37. The maximum atomic E-state index is 13.1. The van der Waals surface area contributed by atoms with Gasteiger partial charge in [-0.15, -0.1) is 0 Å². The van der Waals surface area contributed by atoms with E-state index in [9.17, 15) is 8.42 Å². The summed E-state index contributed by atoms with van der Waals surface area (Å²) in [6, 6.07) is 39.3. The third-order valence-corrected chi connectivity index (χ3v) is 10.2. The fourth-order valence-corrected chi connectivity index (χ4v) is 7.43. The van der Waals surface area contributed by atoms with Crippen LogP contribution in [-0.2, 0) is 15.4 Å². The summed E-state index contributed by atoms with van der Waals surface area (Å²) in [6.07, 6.45) is 5.08. The van der Waals surface area contributed by atoms with Gasteiger partial charge in [-0.25, -0.2) is 13.1 Å². The van der Waals surface area contributed by atoms with Gasteiger partial charge in [0.1, 0.15) is 0 Å². The average Bonchev–Trinajstić information content (AvgIpc) is 3.02. The van der Waals surface area contributed by atoms with E-state index in [0.29, 0.717) is 23.8 Å². The molecule has 1 saturated heterocycles. The molecule has 0 radical (unpaired) electrons. The van der Waals surface area contributed by atoms with Crippen LogP contribution in [0.1, 0.15) is 60.3 Å². The van der Waals surface area contributed by atoms with E-state index in [-0.39, 0.29) is 5.41 Å². The second-order valence-electron chi connectivity index (χ2n) is 11.4. The number of rotatable bonds is 12. The summed E-state index contributed by atoms with van der Waals surface area (Å²) in [5, 5.41) is 0. The molecule has 0 amide bonds. The highest BCUT2D eigenvalue weighted by Crippen LogP contribution is 2.40. The van der Waals surface area contributed by atoms with Crippen molar-refractivity contribution < 1.29 is 8.42 Å². The Hall–Kier alpha value is -3.25. The molecule has 5 heteroatoms. The number of piperidine rings is 1. The molecule has 0 atom stereocenters. The molecule has 0 aromatic heterocycles. The zero-order chi connectivity index (χ0) is 28.5. The van der Waals surface area contributed by atoms with Gasteiger partial charge in [-0.2, -0.15) is 0 Å². The largest absolute Gasteiger partial charge is 0.303 e. The maximum Gasteiger partial charge on any atom is 0.240 e. The quantitative estimate of drug-likeness (QED) is 0.196. The zero-order valence-electron chi connectivity index (χ0n) is 24.1. The van der Waals surface area contributed by atoms with Crippen LogP contribution in [-0.4, -0.2) is 39.5 Å². The van der Waals surface area contributed by atoms with Gasteiger partial charge in [-0.3, -0.25) is 0 Å². The van der Waals surface area contributed by atoms with Crippen molar-refractivity contribution in [2.45, 2.75) is 55.3 Å². The first-order valence-corrected chi connectivity index (χ1v) is 16.4. The number of likely N-dealkylation sites (tertiary alicyclic amines) is 1. The van der Waals surface area contributed by atoms with E-state index in [1.54, 1.807) is 12.1 Å². The van der Waals surface area contributed by atoms with Crippen molar-refractivity contribution in [3.05, 3.63) is 138 Å². The Morgan fingerprint density at radius 3 is 1.83 bits per heavy atom. The van der Waals surface area contributed by atoms with Crippen molar-refractivity contribution >= 4 is 10.0 Å². The number of hydrogen-bond acceptors (Lipinski definition) is 3. The smallest absolute Gasteiger partial charge is 0.240 e. The molecular weight excluding hydrogens is 524 g/mol. The van der Waals surface area contributed by atoms with Gasteiger partial charge in [0.2, 0.25) is 10.0 Å². The molecule has 0 saturated carbocycles. The van der Waals surface area contributed by atoms with Crippen molar-refractivity contribution in [3.8, 4) is 0 Å². The molecule has 4 aromatic carbocycles. The Labute approximate surface area is 246 Å². The van der Waals surface area contributed by atoms with Crippen LogP contribution in [0.25, 0.3) is 0 Å². The lowest BCUT2D eigenvalue weighted by molar-refractivity contribution is 0.203. The van der Waals surface area contributed by atoms with Crippen molar-refractivity contribution in [3.63, 3.8) is 0 Å². The van der Waals surface area contributed by atoms with Crippen LogP contribution >= 0.6 is 0 Å². The van der Waals surface area contributed by atoms with Crippen molar-refractivity contribution in [2.75, 3.05) is 26.2 Å². The third kappa shape index (κ3) is 7.34. The van der Waals surface area contributed by atoms with Crippen LogP contribution in [0.2, 0.25) is 0 Å². The molecule has 4 aromatic rings. The maximum absolute atomic E-state index is 13.1. The minimum atomic E-state index is -3.59. The van der Waals surface area contributed by atoms with E-state index < -0.39 is 10.0 Å². The highest BCUT2D eigenvalue weighted by Gasteiger charge is 2.34. The molecule has 0 bridgehead atoms. The summed E-state index contributed by atoms with van der Waals surface area (Å²) in [7, 11) is -3.59. The van der Waals surface area contributed by atoms with Crippen LogP contribution in [0, 0.1) is 6.92 Å².